The van der Waals surface area contributed by atoms with Gasteiger partial charge in [0.15, 0.2) is 0 Å². The van der Waals surface area contributed by atoms with Gasteiger partial charge in [0.1, 0.15) is 12.1 Å². The van der Waals surface area contributed by atoms with Gasteiger partial charge < -0.3 is 11.1 Å². The SMILES string of the molecule is N#CCC(=O)Nc1cc(N)ccc1[N+](=O)[O-]. The first kappa shape index (κ1) is 11.5. The van der Waals surface area contributed by atoms with Crippen LogP contribution in [-0.4, -0.2) is 10.8 Å². The molecule has 0 aliphatic rings. The number of nitro benzene ring substituents is 1. The Morgan fingerprint density at radius 2 is 2.31 bits per heavy atom. The van der Waals surface area contributed by atoms with Gasteiger partial charge in [0, 0.05) is 11.8 Å². The third-order valence-corrected chi connectivity index (χ3v) is 1.73. The maximum atomic E-state index is 11.1. The van der Waals surface area contributed by atoms with Gasteiger partial charge in [-0.05, 0) is 12.1 Å². The number of nitriles is 1. The molecule has 0 aromatic heterocycles. The standard InChI is InChI=1S/C9H8N4O3/c10-4-3-9(14)12-7-5-6(11)1-2-8(7)13(15)16/h1-2,5H,3,11H2,(H,12,14). The Morgan fingerprint density at radius 1 is 1.62 bits per heavy atom. The Balaban J connectivity index is 3.02. The summed E-state index contributed by atoms with van der Waals surface area (Å²) < 4.78 is 0. The summed E-state index contributed by atoms with van der Waals surface area (Å²) in [6.45, 7) is 0. The predicted octanol–water partition coefficient (Wildman–Crippen LogP) is 1.03. The number of nitrogen functional groups attached to an aromatic ring is 1. The smallest absolute Gasteiger partial charge is 0.292 e. The van der Waals surface area contributed by atoms with Crippen LogP contribution in [0.1, 0.15) is 6.42 Å². The summed E-state index contributed by atoms with van der Waals surface area (Å²) in [7, 11) is 0. The van der Waals surface area contributed by atoms with E-state index in [1.807, 2.05) is 0 Å². The Bertz CT molecular complexity index is 478. The quantitative estimate of drug-likeness (QED) is 0.447. The van der Waals surface area contributed by atoms with Crippen LogP contribution in [0.25, 0.3) is 0 Å². The van der Waals surface area contributed by atoms with E-state index in [9.17, 15) is 14.9 Å². The molecule has 1 aromatic carbocycles. The molecule has 1 rings (SSSR count). The van der Waals surface area contributed by atoms with Crippen LogP contribution in [0.5, 0.6) is 0 Å². The van der Waals surface area contributed by atoms with E-state index in [1.165, 1.54) is 18.2 Å². The second-order valence-corrected chi connectivity index (χ2v) is 2.92. The van der Waals surface area contributed by atoms with Crippen LogP contribution in [0, 0.1) is 21.4 Å². The molecule has 1 amide bonds. The lowest BCUT2D eigenvalue weighted by atomic mass is 10.2. The van der Waals surface area contributed by atoms with Gasteiger partial charge >= 0.3 is 0 Å². The zero-order valence-corrected chi connectivity index (χ0v) is 8.14. The number of hydrogen-bond acceptors (Lipinski definition) is 5. The maximum absolute atomic E-state index is 11.1. The van der Waals surface area contributed by atoms with E-state index in [-0.39, 0.29) is 23.5 Å². The van der Waals surface area contributed by atoms with Crippen molar-refractivity contribution in [3.63, 3.8) is 0 Å². The molecule has 0 aliphatic heterocycles. The highest BCUT2D eigenvalue weighted by Crippen LogP contribution is 2.26. The largest absolute Gasteiger partial charge is 0.399 e. The molecule has 3 N–H and O–H groups in total. The molecular formula is C9H8N4O3. The van der Waals surface area contributed by atoms with E-state index in [0.29, 0.717) is 0 Å². The molecule has 0 saturated heterocycles. The van der Waals surface area contributed by atoms with E-state index in [1.54, 1.807) is 6.07 Å². The lowest BCUT2D eigenvalue weighted by molar-refractivity contribution is -0.383. The van der Waals surface area contributed by atoms with Crippen LogP contribution >= 0.6 is 0 Å². The first-order valence-electron chi connectivity index (χ1n) is 4.25. The summed E-state index contributed by atoms with van der Waals surface area (Å²) in [6.07, 6.45) is -0.369. The third kappa shape index (κ3) is 2.68. The fourth-order valence-electron chi connectivity index (χ4n) is 1.08. The van der Waals surface area contributed by atoms with Crippen molar-refractivity contribution in [1.29, 1.82) is 5.26 Å². The minimum Gasteiger partial charge on any atom is -0.399 e. The minimum atomic E-state index is -0.637. The van der Waals surface area contributed by atoms with Gasteiger partial charge in [-0.1, -0.05) is 0 Å². The Labute approximate surface area is 90.6 Å². The summed E-state index contributed by atoms with van der Waals surface area (Å²) in [5.41, 5.74) is 5.46. The fourth-order valence-corrected chi connectivity index (χ4v) is 1.08. The van der Waals surface area contributed by atoms with Gasteiger partial charge in [-0.15, -0.1) is 0 Å². The molecule has 0 fully saturated rings. The first-order chi connectivity index (χ1) is 7.54. The highest BCUT2D eigenvalue weighted by molar-refractivity contribution is 5.94. The van der Waals surface area contributed by atoms with Crippen molar-refractivity contribution in [2.75, 3.05) is 11.1 Å². The molecule has 0 unspecified atom stereocenters. The number of anilines is 2. The van der Waals surface area contributed by atoms with E-state index in [4.69, 9.17) is 11.0 Å². The van der Waals surface area contributed by atoms with E-state index < -0.39 is 10.8 Å². The number of carbonyl (C=O) groups is 1. The van der Waals surface area contributed by atoms with Crippen LogP contribution in [0.3, 0.4) is 0 Å². The monoisotopic (exact) mass is 220 g/mol. The fraction of sp³-hybridized carbons (Fsp3) is 0.111. The molecule has 0 heterocycles. The van der Waals surface area contributed by atoms with Crippen LogP contribution in [0.15, 0.2) is 18.2 Å². The maximum Gasteiger partial charge on any atom is 0.292 e. The lowest BCUT2D eigenvalue weighted by Crippen LogP contribution is -2.11. The molecule has 7 nitrogen and oxygen atoms in total. The average molecular weight is 220 g/mol. The molecular weight excluding hydrogens is 212 g/mol. The van der Waals surface area contributed by atoms with Crippen molar-refractivity contribution in [3.05, 3.63) is 28.3 Å². The number of nitrogens with two attached hydrogens (primary N) is 1. The van der Waals surface area contributed by atoms with Crippen molar-refractivity contribution >= 4 is 23.0 Å². The number of carbonyl (C=O) groups excluding carboxylic acids is 1. The number of rotatable bonds is 3. The van der Waals surface area contributed by atoms with E-state index >= 15 is 0 Å². The highest BCUT2D eigenvalue weighted by Gasteiger charge is 2.15. The second-order valence-electron chi connectivity index (χ2n) is 2.92. The van der Waals surface area contributed by atoms with E-state index in [0.717, 1.165) is 0 Å². The molecule has 16 heavy (non-hydrogen) atoms. The number of nitro groups is 1. The number of benzene rings is 1. The number of nitrogens with one attached hydrogen (secondary N) is 1. The Kier molecular flexibility index (Phi) is 3.40. The summed E-state index contributed by atoms with van der Waals surface area (Å²) in [5.74, 6) is -0.615. The molecule has 1 aromatic rings. The van der Waals surface area contributed by atoms with Gasteiger partial charge in [-0.25, -0.2) is 0 Å². The zero-order valence-electron chi connectivity index (χ0n) is 8.14. The summed E-state index contributed by atoms with van der Waals surface area (Å²) in [4.78, 5) is 21.1. The van der Waals surface area contributed by atoms with Crippen LogP contribution in [0.4, 0.5) is 17.1 Å². The molecule has 82 valence electrons. The molecule has 7 heteroatoms. The summed E-state index contributed by atoms with van der Waals surface area (Å²) in [5, 5.41) is 21.1. The molecule has 0 bridgehead atoms. The normalized spacial score (nSPS) is 9.19. The topological polar surface area (TPSA) is 122 Å². The molecule has 0 aliphatic carbocycles. The number of hydrogen-bond donors (Lipinski definition) is 2. The van der Waals surface area contributed by atoms with Crippen molar-refractivity contribution in [2.24, 2.45) is 0 Å². The Morgan fingerprint density at radius 3 is 2.88 bits per heavy atom. The number of amides is 1. The predicted molar refractivity (Wildman–Crippen MR) is 56.4 cm³/mol. The summed E-state index contributed by atoms with van der Waals surface area (Å²) >= 11 is 0. The first-order valence-corrected chi connectivity index (χ1v) is 4.25. The highest BCUT2D eigenvalue weighted by atomic mass is 16.6. The van der Waals surface area contributed by atoms with Crippen molar-refractivity contribution in [2.45, 2.75) is 6.42 Å². The van der Waals surface area contributed by atoms with Crippen LogP contribution in [0.2, 0.25) is 0 Å². The van der Waals surface area contributed by atoms with Crippen LogP contribution in [-0.2, 0) is 4.79 Å². The minimum absolute atomic E-state index is 0.00903. The van der Waals surface area contributed by atoms with Gasteiger partial charge in [-0.2, -0.15) is 5.26 Å². The molecule has 0 spiro atoms. The third-order valence-electron chi connectivity index (χ3n) is 1.73. The average Bonchev–Trinajstić information content (AvgIpc) is 2.17. The molecule has 0 radical (unpaired) electrons. The van der Waals surface area contributed by atoms with Gasteiger partial charge in [0.05, 0.1) is 11.0 Å². The van der Waals surface area contributed by atoms with Crippen molar-refractivity contribution in [3.8, 4) is 6.07 Å². The molecule has 0 saturated carbocycles. The summed E-state index contributed by atoms with van der Waals surface area (Å²) in [6, 6.07) is 5.46. The van der Waals surface area contributed by atoms with Crippen LogP contribution < -0.4 is 11.1 Å². The zero-order chi connectivity index (χ0) is 12.1. The van der Waals surface area contributed by atoms with Crippen molar-refractivity contribution < 1.29 is 9.72 Å². The van der Waals surface area contributed by atoms with E-state index in [2.05, 4.69) is 5.32 Å². The lowest BCUT2D eigenvalue weighted by Gasteiger charge is -2.04. The molecule has 0 atom stereocenters. The van der Waals surface area contributed by atoms with Gasteiger partial charge in [0.2, 0.25) is 5.91 Å². The van der Waals surface area contributed by atoms with Gasteiger partial charge in [0.25, 0.3) is 5.69 Å². The Hall–Kier alpha value is -2.62. The van der Waals surface area contributed by atoms with Gasteiger partial charge in [-0.3, -0.25) is 14.9 Å². The number of nitrogens with zero attached hydrogens (tertiary/aromatic N) is 2. The second kappa shape index (κ2) is 4.75. The van der Waals surface area contributed by atoms with Crippen molar-refractivity contribution in [1.82, 2.24) is 0 Å².